The lowest BCUT2D eigenvalue weighted by Gasteiger charge is -2.38. The Morgan fingerprint density at radius 3 is 2.48 bits per heavy atom. The van der Waals surface area contributed by atoms with E-state index in [0.29, 0.717) is 0 Å². The maximum Gasteiger partial charge on any atom is 0.0370 e. The molecule has 0 bridgehead atoms. The van der Waals surface area contributed by atoms with Gasteiger partial charge in [0, 0.05) is 51.0 Å². The van der Waals surface area contributed by atoms with Gasteiger partial charge in [0.2, 0.25) is 0 Å². The van der Waals surface area contributed by atoms with Crippen LogP contribution in [-0.2, 0) is 0 Å². The van der Waals surface area contributed by atoms with Gasteiger partial charge in [0.1, 0.15) is 0 Å². The molecular formula is C18H29N3. The fourth-order valence-electron chi connectivity index (χ4n) is 3.74. The summed E-state index contributed by atoms with van der Waals surface area (Å²) in [7, 11) is 0. The van der Waals surface area contributed by atoms with E-state index in [1.54, 1.807) is 0 Å². The molecule has 0 unspecified atom stereocenters. The predicted molar refractivity (Wildman–Crippen MR) is 89.9 cm³/mol. The second-order valence-electron chi connectivity index (χ2n) is 6.56. The van der Waals surface area contributed by atoms with Crippen LogP contribution in [0.3, 0.4) is 0 Å². The second kappa shape index (κ2) is 7.28. The number of para-hydroxylation sites is 1. The number of benzene rings is 1. The first-order valence-corrected chi connectivity index (χ1v) is 8.59. The average molecular weight is 287 g/mol. The lowest BCUT2D eigenvalue weighted by Crippen LogP contribution is -2.50. The van der Waals surface area contributed by atoms with E-state index in [1.165, 1.54) is 63.1 Å². The fraction of sp³-hybridized carbons (Fsp3) is 0.667. The summed E-state index contributed by atoms with van der Waals surface area (Å²) in [6.07, 6.45) is 5.78. The highest BCUT2D eigenvalue weighted by Gasteiger charge is 2.25. The van der Waals surface area contributed by atoms with Crippen LogP contribution >= 0.6 is 0 Å². The second-order valence-corrected chi connectivity index (χ2v) is 6.56. The van der Waals surface area contributed by atoms with Crippen molar-refractivity contribution in [1.82, 2.24) is 9.80 Å². The van der Waals surface area contributed by atoms with Crippen molar-refractivity contribution in [2.24, 2.45) is 0 Å². The van der Waals surface area contributed by atoms with Crippen molar-refractivity contribution < 1.29 is 0 Å². The number of nitrogens with zero attached hydrogens (tertiary/aromatic N) is 2. The molecule has 1 heterocycles. The average Bonchev–Trinajstić information content (AvgIpc) is 3.04. The molecule has 0 aromatic heterocycles. The van der Waals surface area contributed by atoms with E-state index in [-0.39, 0.29) is 0 Å². The van der Waals surface area contributed by atoms with Crippen LogP contribution in [0.15, 0.2) is 24.3 Å². The summed E-state index contributed by atoms with van der Waals surface area (Å²) in [6.45, 7) is 9.41. The molecule has 1 aromatic rings. The molecule has 116 valence electrons. The van der Waals surface area contributed by atoms with Crippen LogP contribution in [-0.4, -0.2) is 55.1 Å². The van der Waals surface area contributed by atoms with Gasteiger partial charge in [-0.1, -0.05) is 31.0 Å². The Hall–Kier alpha value is -1.06. The number of hydrogen-bond acceptors (Lipinski definition) is 3. The summed E-state index contributed by atoms with van der Waals surface area (Å²) in [5.74, 6) is 0. The Morgan fingerprint density at radius 1 is 1.05 bits per heavy atom. The largest absolute Gasteiger partial charge is 0.384 e. The molecule has 0 atom stereocenters. The van der Waals surface area contributed by atoms with Gasteiger partial charge >= 0.3 is 0 Å². The molecule has 2 aliphatic rings. The molecule has 0 spiro atoms. The summed E-state index contributed by atoms with van der Waals surface area (Å²) in [4.78, 5) is 5.34. The zero-order valence-corrected chi connectivity index (χ0v) is 13.4. The van der Waals surface area contributed by atoms with Crippen molar-refractivity contribution in [1.29, 1.82) is 0 Å². The topological polar surface area (TPSA) is 18.5 Å². The molecule has 1 aromatic carbocycles. The van der Waals surface area contributed by atoms with Crippen molar-refractivity contribution in [3.63, 3.8) is 0 Å². The number of rotatable bonds is 5. The van der Waals surface area contributed by atoms with Gasteiger partial charge in [-0.2, -0.15) is 0 Å². The van der Waals surface area contributed by atoms with Crippen LogP contribution in [0.25, 0.3) is 0 Å². The molecule has 3 rings (SSSR count). The Morgan fingerprint density at radius 2 is 1.76 bits per heavy atom. The quantitative estimate of drug-likeness (QED) is 0.898. The third-order valence-corrected chi connectivity index (χ3v) is 5.14. The smallest absolute Gasteiger partial charge is 0.0370 e. The van der Waals surface area contributed by atoms with Crippen LogP contribution in [0.2, 0.25) is 0 Å². The van der Waals surface area contributed by atoms with E-state index >= 15 is 0 Å². The van der Waals surface area contributed by atoms with Crippen molar-refractivity contribution in [2.45, 2.75) is 38.6 Å². The summed E-state index contributed by atoms with van der Waals surface area (Å²) in [5, 5.41) is 3.57. The van der Waals surface area contributed by atoms with Gasteiger partial charge in [0.05, 0.1) is 0 Å². The lowest BCUT2D eigenvalue weighted by molar-refractivity contribution is 0.100. The molecule has 3 nitrogen and oxygen atoms in total. The van der Waals surface area contributed by atoms with Crippen LogP contribution < -0.4 is 5.32 Å². The van der Waals surface area contributed by atoms with Crippen LogP contribution in [0.1, 0.15) is 31.2 Å². The molecule has 1 saturated heterocycles. The minimum Gasteiger partial charge on any atom is -0.384 e. The van der Waals surface area contributed by atoms with Gasteiger partial charge in [-0.15, -0.1) is 0 Å². The molecule has 2 fully saturated rings. The minimum atomic E-state index is 0.900. The number of piperazine rings is 1. The molecule has 1 aliphatic carbocycles. The van der Waals surface area contributed by atoms with Crippen molar-refractivity contribution in [2.75, 3.05) is 44.6 Å². The summed E-state index contributed by atoms with van der Waals surface area (Å²) >= 11 is 0. The Kier molecular flexibility index (Phi) is 5.15. The minimum absolute atomic E-state index is 0.900. The molecule has 1 saturated carbocycles. The molecule has 0 radical (unpaired) electrons. The number of nitrogens with one attached hydrogen (secondary N) is 1. The van der Waals surface area contributed by atoms with Crippen molar-refractivity contribution in [3.8, 4) is 0 Å². The highest BCUT2D eigenvalue weighted by atomic mass is 15.3. The monoisotopic (exact) mass is 287 g/mol. The maximum absolute atomic E-state index is 3.57. The first-order valence-electron chi connectivity index (χ1n) is 8.59. The highest BCUT2D eigenvalue weighted by molar-refractivity contribution is 5.50. The van der Waals surface area contributed by atoms with E-state index in [1.807, 2.05) is 0 Å². The predicted octanol–water partition coefficient (Wildman–Crippen LogP) is 2.97. The Bertz CT molecular complexity index is 432. The SMILES string of the molecule is Cc1ccccc1NCCN1CCN(C2CCCC2)CC1. The van der Waals surface area contributed by atoms with E-state index in [0.717, 1.165) is 19.1 Å². The van der Waals surface area contributed by atoms with E-state index in [2.05, 4.69) is 46.3 Å². The van der Waals surface area contributed by atoms with Gasteiger partial charge in [-0.25, -0.2) is 0 Å². The fourth-order valence-corrected chi connectivity index (χ4v) is 3.74. The van der Waals surface area contributed by atoms with E-state index < -0.39 is 0 Å². The number of hydrogen-bond donors (Lipinski definition) is 1. The Balaban J connectivity index is 1.37. The molecule has 3 heteroatoms. The van der Waals surface area contributed by atoms with Crippen LogP contribution in [0, 0.1) is 6.92 Å². The van der Waals surface area contributed by atoms with Crippen LogP contribution in [0.5, 0.6) is 0 Å². The summed E-state index contributed by atoms with van der Waals surface area (Å²) in [6, 6.07) is 9.45. The normalized spacial score (nSPS) is 21.8. The van der Waals surface area contributed by atoms with Gasteiger partial charge in [-0.3, -0.25) is 9.80 Å². The first kappa shape index (κ1) is 14.9. The Labute approximate surface area is 129 Å². The van der Waals surface area contributed by atoms with Gasteiger partial charge < -0.3 is 5.32 Å². The summed E-state index contributed by atoms with van der Waals surface area (Å²) < 4.78 is 0. The highest BCUT2D eigenvalue weighted by Crippen LogP contribution is 2.24. The van der Waals surface area contributed by atoms with Crippen LogP contribution in [0.4, 0.5) is 5.69 Å². The lowest BCUT2D eigenvalue weighted by atomic mass is 10.2. The molecule has 1 aliphatic heterocycles. The number of aryl methyl sites for hydroxylation is 1. The molecule has 0 amide bonds. The third kappa shape index (κ3) is 3.98. The van der Waals surface area contributed by atoms with Gasteiger partial charge in [0.15, 0.2) is 0 Å². The maximum atomic E-state index is 3.57. The van der Waals surface area contributed by atoms with Crippen molar-refractivity contribution in [3.05, 3.63) is 29.8 Å². The molecule has 1 N–H and O–H groups in total. The molecule has 21 heavy (non-hydrogen) atoms. The summed E-state index contributed by atoms with van der Waals surface area (Å²) in [5.41, 5.74) is 2.62. The van der Waals surface area contributed by atoms with E-state index in [4.69, 9.17) is 0 Å². The molecular weight excluding hydrogens is 258 g/mol. The van der Waals surface area contributed by atoms with E-state index in [9.17, 15) is 0 Å². The third-order valence-electron chi connectivity index (χ3n) is 5.14. The van der Waals surface area contributed by atoms with Gasteiger partial charge in [-0.05, 0) is 31.4 Å². The first-order chi connectivity index (χ1) is 10.3. The zero-order chi connectivity index (χ0) is 14.5. The van der Waals surface area contributed by atoms with Crippen molar-refractivity contribution >= 4 is 5.69 Å². The number of anilines is 1. The van der Waals surface area contributed by atoms with Gasteiger partial charge in [0.25, 0.3) is 0 Å². The standard InChI is InChI=1S/C18H29N3/c1-16-6-2-5-9-18(16)19-10-11-20-12-14-21(15-13-20)17-7-3-4-8-17/h2,5-6,9,17,19H,3-4,7-8,10-15H2,1H3. The zero-order valence-electron chi connectivity index (χ0n) is 13.4.